The molecule has 1 aliphatic rings. The molecule has 0 saturated carbocycles. The molecule has 2 aromatic carbocycles. The predicted molar refractivity (Wildman–Crippen MR) is 104 cm³/mol. The highest BCUT2D eigenvalue weighted by atomic mass is 35.5. The van der Waals surface area contributed by atoms with Crippen molar-refractivity contribution in [1.29, 1.82) is 0 Å². The second-order valence-corrected chi connectivity index (χ2v) is 6.62. The molecule has 1 N–H and O–H groups in total. The van der Waals surface area contributed by atoms with E-state index in [1.807, 2.05) is 13.8 Å². The Morgan fingerprint density at radius 1 is 1.07 bits per heavy atom. The summed E-state index contributed by atoms with van der Waals surface area (Å²) in [4.78, 5) is 26.0. The van der Waals surface area contributed by atoms with Gasteiger partial charge in [-0.1, -0.05) is 17.7 Å². The number of ether oxygens (including phenoxy) is 2. The quantitative estimate of drug-likeness (QED) is 0.616. The molecule has 0 aromatic heterocycles. The van der Waals surface area contributed by atoms with E-state index in [1.54, 1.807) is 55.7 Å². The fourth-order valence-corrected chi connectivity index (χ4v) is 2.78. The lowest BCUT2D eigenvalue weighted by Gasteiger charge is -2.14. The molecule has 140 valence electrons. The lowest BCUT2D eigenvalue weighted by Crippen LogP contribution is -2.30. The van der Waals surface area contributed by atoms with Gasteiger partial charge in [-0.15, -0.1) is 0 Å². The number of rotatable bonds is 5. The first-order valence-corrected chi connectivity index (χ1v) is 8.74. The van der Waals surface area contributed by atoms with Crippen molar-refractivity contribution in [3.63, 3.8) is 0 Å². The predicted octanol–water partition coefficient (Wildman–Crippen LogP) is 4.23. The largest absolute Gasteiger partial charge is 0.493 e. The van der Waals surface area contributed by atoms with Crippen molar-refractivity contribution >= 4 is 35.3 Å². The van der Waals surface area contributed by atoms with E-state index in [9.17, 15) is 9.59 Å². The summed E-state index contributed by atoms with van der Waals surface area (Å²) in [5.74, 6) is 0.715. The van der Waals surface area contributed by atoms with E-state index in [0.717, 1.165) is 4.90 Å². The third kappa shape index (κ3) is 4.06. The Bertz CT molecular complexity index is 907. The van der Waals surface area contributed by atoms with Crippen LogP contribution in [0.4, 0.5) is 10.5 Å². The topological polar surface area (TPSA) is 67.9 Å². The van der Waals surface area contributed by atoms with E-state index in [-0.39, 0.29) is 11.8 Å². The van der Waals surface area contributed by atoms with Crippen LogP contribution in [-0.4, -0.2) is 25.2 Å². The lowest BCUT2D eigenvalue weighted by atomic mass is 10.1. The summed E-state index contributed by atoms with van der Waals surface area (Å²) in [6.07, 6.45) is 1.60. The molecule has 2 aromatic rings. The highest BCUT2D eigenvalue weighted by molar-refractivity contribution is 6.31. The van der Waals surface area contributed by atoms with Gasteiger partial charge in [-0.3, -0.25) is 4.79 Å². The van der Waals surface area contributed by atoms with Crippen LogP contribution in [0.5, 0.6) is 11.5 Å². The molecule has 7 heteroatoms. The third-order valence-electron chi connectivity index (χ3n) is 3.82. The molecule has 0 spiro atoms. The summed E-state index contributed by atoms with van der Waals surface area (Å²) < 4.78 is 11.0. The zero-order valence-corrected chi connectivity index (χ0v) is 15.9. The summed E-state index contributed by atoms with van der Waals surface area (Å²) in [6, 6.07) is 11.3. The van der Waals surface area contributed by atoms with Crippen LogP contribution in [0.25, 0.3) is 6.08 Å². The molecule has 3 amide bonds. The Hall–Kier alpha value is -2.99. The van der Waals surface area contributed by atoms with Crippen molar-refractivity contribution in [3.05, 3.63) is 58.7 Å². The van der Waals surface area contributed by atoms with E-state index >= 15 is 0 Å². The van der Waals surface area contributed by atoms with Crippen LogP contribution in [0.15, 0.2) is 48.2 Å². The number of anilines is 1. The first kappa shape index (κ1) is 18.8. The van der Waals surface area contributed by atoms with Gasteiger partial charge >= 0.3 is 6.03 Å². The smallest absolute Gasteiger partial charge is 0.333 e. The number of halogens is 1. The zero-order valence-electron chi connectivity index (χ0n) is 15.2. The normalized spacial score (nSPS) is 15.4. The van der Waals surface area contributed by atoms with E-state index in [4.69, 9.17) is 21.1 Å². The summed E-state index contributed by atoms with van der Waals surface area (Å²) in [7, 11) is 1.55. The van der Waals surface area contributed by atoms with Gasteiger partial charge in [-0.05, 0) is 61.9 Å². The Labute approximate surface area is 162 Å². The minimum atomic E-state index is -0.514. The van der Waals surface area contributed by atoms with Crippen molar-refractivity contribution < 1.29 is 19.1 Å². The van der Waals surface area contributed by atoms with Gasteiger partial charge in [-0.25, -0.2) is 9.69 Å². The van der Waals surface area contributed by atoms with Gasteiger partial charge in [-0.2, -0.15) is 0 Å². The average molecular weight is 387 g/mol. The number of methoxy groups -OCH3 is 1. The number of amides is 3. The summed E-state index contributed by atoms with van der Waals surface area (Å²) in [5, 5.41) is 3.12. The maximum Gasteiger partial charge on any atom is 0.333 e. The minimum Gasteiger partial charge on any atom is -0.493 e. The summed E-state index contributed by atoms with van der Waals surface area (Å²) in [6.45, 7) is 3.85. The standard InChI is InChI=1S/C20H19ClN2O4/c1-12(2)27-17-9-4-13(11-18(17)26-3)10-16-19(24)23(20(25)22-16)15-7-5-14(21)6-8-15/h4-12H,1-3H3,(H,22,25)/b16-10+. The van der Waals surface area contributed by atoms with Crippen LogP contribution in [0, 0.1) is 0 Å². The van der Waals surface area contributed by atoms with Crippen LogP contribution < -0.4 is 19.7 Å². The Morgan fingerprint density at radius 3 is 2.41 bits per heavy atom. The number of hydrogen-bond donors (Lipinski definition) is 1. The average Bonchev–Trinajstić information content (AvgIpc) is 2.90. The molecule has 3 rings (SSSR count). The first-order valence-electron chi connectivity index (χ1n) is 8.36. The van der Waals surface area contributed by atoms with E-state index < -0.39 is 11.9 Å². The monoisotopic (exact) mass is 386 g/mol. The van der Waals surface area contributed by atoms with E-state index in [1.165, 1.54) is 0 Å². The highest BCUT2D eigenvalue weighted by Crippen LogP contribution is 2.30. The van der Waals surface area contributed by atoms with Crippen LogP contribution in [0.2, 0.25) is 5.02 Å². The molecule has 1 heterocycles. The molecule has 1 saturated heterocycles. The van der Waals surface area contributed by atoms with Gasteiger partial charge in [0, 0.05) is 5.02 Å². The number of carbonyl (C=O) groups is 2. The number of nitrogens with zero attached hydrogens (tertiary/aromatic N) is 1. The van der Waals surface area contributed by atoms with Crippen LogP contribution >= 0.6 is 11.6 Å². The Kier molecular flexibility index (Phi) is 5.37. The molecule has 1 aliphatic heterocycles. The molecule has 6 nitrogen and oxygen atoms in total. The van der Waals surface area contributed by atoms with Crippen molar-refractivity contribution in [2.75, 3.05) is 12.0 Å². The molecule has 0 aliphatic carbocycles. The summed E-state index contributed by atoms with van der Waals surface area (Å²) in [5.41, 5.74) is 1.32. The third-order valence-corrected chi connectivity index (χ3v) is 4.08. The molecule has 0 atom stereocenters. The van der Waals surface area contributed by atoms with Crippen LogP contribution in [-0.2, 0) is 4.79 Å². The number of carbonyl (C=O) groups excluding carboxylic acids is 2. The van der Waals surface area contributed by atoms with Crippen molar-refractivity contribution in [2.45, 2.75) is 20.0 Å². The fraction of sp³-hybridized carbons (Fsp3) is 0.200. The SMILES string of the molecule is COc1cc(/C=C2/NC(=O)N(c3ccc(Cl)cc3)C2=O)ccc1OC(C)C. The summed E-state index contributed by atoms with van der Waals surface area (Å²) >= 11 is 5.86. The Balaban J connectivity index is 1.88. The highest BCUT2D eigenvalue weighted by Gasteiger charge is 2.34. The first-order chi connectivity index (χ1) is 12.9. The van der Waals surface area contributed by atoms with Crippen LogP contribution in [0.1, 0.15) is 19.4 Å². The maximum absolute atomic E-state index is 12.7. The van der Waals surface area contributed by atoms with Crippen molar-refractivity contribution in [1.82, 2.24) is 5.32 Å². The number of nitrogens with one attached hydrogen (secondary N) is 1. The molecule has 0 bridgehead atoms. The lowest BCUT2D eigenvalue weighted by molar-refractivity contribution is -0.113. The maximum atomic E-state index is 12.7. The second-order valence-electron chi connectivity index (χ2n) is 6.18. The van der Waals surface area contributed by atoms with Crippen molar-refractivity contribution in [2.24, 2.45) is 0 Å². The van der Waals surface area contributed by atoms with Crippen molar-refractivity contribution in [3.8, 4) is 11.5 Å². The number of imide groups is 1. The van der Waals surface area contributed by atoms with Gasteiger partial charge in [0.05, 0.1) is 18.9 Å². The fourth-order valence-electron chi connectivity index (χ4n) is 2.65. The van der Waals surface area contributed by atoms with Gasteiger partial charge in [0.25, 0.3) is 5.91 Å². The zero-order chi connectivity index (χ0) is 19.6. The van der Waals surface area contributed by atoms with E-state index in [0.29, 0.717) is 27.8 Å². The van der Waals surface area contributed by atoms with Gasteiger partial charge in [0.2, 0.25) is 0 Å². The minimum absolute atomic E-state index is 0.00624. The Morgan fingerprint density at radius 2 is 1.78 bits per heavy atom. The molecular weight excluding hydrogens is 368 g/mol. The number of hydrogen-bond acceptors (Lipinski definition) is 4. The molecule has 27 heavy (non-hydrogen) atoms. The van der Waals surface area contributed by atoms with Crippen LogP contribution in [0.3, 0.4) is 0 Å². The molecule has 0 radical (unpaired) electrons. The number of urea groups is 1. The number of benzene rings is 2. The second kappa shape index (κ2) is 7.72. The van der Waals surface area contributed by atoms with Gasteiger partial charge < -0.3 is 14.8 Å². The van der Waals surface area contributed by atoms with Gasteiger partial charge in [0.15, 0.2) is 11.5 Å². The molecule has 1 fully saturated rings. The van der Waals surface area contributed by atoms with Gasteiger partial charge in [0.1, 0.15) is 5.70 Å². The van der Waals surface area contributed by atoms with E-state index in [2.05, 4.69) is 5.32 Å². The molecular formula is C20H19ClN2O4. The molecule has 0 unspecified atom stereocenters.